The number of aliphatic carboxylic acids is 1. The average Bonchev–Trinajstić information content (AvgIpc) is 3.29. The van der Waals surface area contributed by atoms with Crippen LogP contribution in [0.2, 0.25) is 5.02 Å². The van der Waals surface area contributed by atoms with Crippen molar-refractivity contribution < 1.29 is 27.4 Å². The number of carboxylic acids is 1. The number of benzene rings is 2. The van der Waals surface area contributed by atoms with Crippen LogP contribution in [0.5, 0.6) is 5.75 Å². The highest BCUT2D eigenvalue weighted by molar-refractivity contribution is 7.92. The fourth-order valence-corrected chi connectivity index (χ4v) is 7.37. The number of piperazine rings is 1. The molecule has 2 aliphatic rings. The average molecular weight is 525 g/mol. The molecule has 0 radical (unpaired) electrons. The second-order valence-corrected chi connectivity index (χ2v) is 11.7. The largest absolute Gasteiger partial charge is 0.493 e. The van der Waals surface area contributed by atoms with Crippen LogP contribution in [-0.2, 0) is 14.6 Å². The second kappa shape index (κ2) is 10.7. The molecule has 190 valence electrons. The highest BCUT2D eigenvalue weighted by Gasteiger charge is 2.45. The zero-order valence-electron chi connectivity index (χ0n) is 19.6. The van der Waals surface area contributed by atoms with Crippen LogP contribution in [0.15, 0.2) is 47.4 Å². The van der Waals surface area contributed by atoms with E-state index in [0.717, 1.165) is 38.4 Å². The van der Waals surface area contributed by atoms with E-state index in [4.69, 9.17) is 16.3 Å². The quantitative estimate of drug-likeness (QED) is 0.559. The topological polar surface area (TPSA) is 87.2 Å². The van der Waals surface area contributed by atoms with Crippen LogP contribution in [0.4, 0.5) is 10.1 Å². The lowest BCUT2D eigenvalue weighted by Gasteiger charge is -2.35. The molecule has 0 unspecified atom stereocenters. The molecule has 1 heterocycles. The van der Waals surface area contributed by atoms with Gasteiger partial charge in [0.15, 0.2) is 9.84 Å². The Morgan fingerprint density at radius 2 is 1.80 bits per heavy atom. The van der Waals surface area contributed by atoms with Gasteiger partial charge in [-0.1, -0.05) is 18.5 Å². The number of sulfone groups is 1. The zero-order valence-corrected chi connectivity index (χ0v) is 21.1. The number of ether oxygens (including phenoxy) is 1. The highest BCUT2D eigenvalue weighted by atomic mass is 35.5. The lowest BCUT2D eigenvalue weighted by atomic mass is 9.97. The summed E-state index contributed by atoms with van der Waals surface area (Å²) in [6.45, 7) is 6.72. The van der Waals surface area contributed by atoms with Crippen LogP contribution in [-0.4, -0.2) is 69.0 Å². The van der Waals surface area contributed by atoms with Gasteiger partial charge in [0.05, 0.1) is 27.7 Å². The smallest absolute Gasteiger partial charge is 0.306 e. The summed E-state index contributed by atoms with van der Waals surface area (Å²) in [5.74, 6) is -2.41. The van der Waals surface area contributed by atoms with Gasteiger partial charge in [0.2, 0.25) is 0 Å². The van der Waals surface area contributed by atoms with E-state index in [1.807, 2.05) is 0 Å². The van der Waals surface area contributed by atoms with Crippen molar-refractivity contribution in [1.82, 2.24) is 4.90 Å². The Kier molecular flexibility index (Phi) is 7.88. The number of rotatable bonds is 8. The summed E-state index contributed by atoms with van der Waals surface area (Å²) in [6.07, 6.45) is 0.143. The maximum absolute atomic E-state index is 13.5. The number of anilines is 1. The monoisotopic (exact) mass is 524 g/mol. The molecule has 0 spiro atoms. The van der Waals surface area contributed by atoms with Crippen molar-refractivity contribution in [2.45, 2.75) is 29.9 Å². The van der Waals surface area contributed by atoms with Gasteiger partial charge >= 0.3 is 5.97 Å². The molecule has 3 atom stereocenters. The van der Waals surface area contributed by atoms with Gasteiger partial charge in [-0.25, -0.2) is 12.8 Å². The van der Waals surface area contributed by atoms with E-state index < -0.39 is 38.7 Å². The summed E-state index contributed by atoms with van der Waals surface area (Å²) < 4.78 is 45.7. The van der Waals surface area contributed by atoms with Crippen molar-refractivity contribution in [3.8, 4) is 5.75 Å². The van der Waals surface area contributed by atoms with Gasteiger partial charge in [-0.2, -0.15) is 0 Å². The molecule has 1 aliphatic heterocycles. The van der Waals surface area contributed by atoms with E-state index >= 15 is 0 Å². The van der Waals surface area contributed by atoms with E-state index in [9.17, 15) is 22.7 Å². The molecule has 2 aromatic rings. The maximum Gasteiger partial charge on any atom is 0.306 e. The minimum atomic E-state index is -3.84. The van der Waals surface area contributed by atoms with Gasteiger partial charge in [0.1, 0.15) is 11.6 Å². The van der Waals surface area contributed by atoms with Crippen molar-refractivity contribution >= 4 is 33.1 Å². The van der Waals surface area contributed by atoms with Crippen molar-refractivity contribution in [3.05, 3.63) is 53.3 Å². The minimum absolute atomic E-state index is 0.00777. The molecular formula is C25H30ClFN2O5S. The SMILES string of the molecule is CCN1CCN(c2ccc(S(=O)(=O)[C@H]3C[C@@H](COc4ccc(F)cc4)[C@H](C(=O)O)C3)c(Cl)c2)CC1. The number of nitrogens with zero attached hydrogens (tertiary/aromatic N) is 2. The van der Waals surface area contributed by atoms with E-state index in [0.29, 0.717) is 5.75 Å². The standard InChI is InChI=1S/C25H30ClFN2O5S/c1-2-28-9-11-29(12-10-28)19-5-8-24(23(26)14-19)35(32,33)21-13-17(22(15-21)25(30)31)16-34-20-6-3-18(27)4-7-20/h3-8,14,17,21-22H,2,9-13,15-16H2,1H3,(H,30,31)/t17-,21-,22+/m0/s1. The molecule has 0 amide bonds. The van der Waals surface area contributed by atoms with Crippen LogP contribution in [0, 0.1) is 17.7 Å². The van der Waals surface area contributed by atoms with Gasteiger partial charge in [-0.15, -0.1) is 0 Å². The lowest BCUT2D eigenvalue weighted by Crippen LogP contribution is -2.46. The van der Waals surface area contributed by atoms with Crippen LogP contribution in [0.3, 0.4) is 0 Å². The first-order valence-corrected chi connectivity index (χ1v) is 13.7. The highest BCUT2D eigenvalue weighted by Crippen LogP contribution is 2.41. The summed E-state index contributed by atoms with van der Waals surface area (Å²) >= 11 is 6.47. The molecule has 35 heavy (non-hydrogen) atoms. The van der Waals surface area contributed by atoms with Gasteiger partial charge in [-0.3, -0.25) is 4.79 Å². The first-order valence-electron chi connectivity index (χ1n) is 11.8. The van der Waals surface area contributed by atoms with Gasteiger partial charge in [0, 0.05) is 37.8 Å². The Hall–Kier alpha value is -2.36. The first kappa shape index (κ1) is 25.7. The number of hydrogen-bond acceptors (Lipinski definition) is 6. The summed E-state index contributed by atoms with van der Waals surface area (Å²) in [5.41, 5.74) is 0.880. The number of carbonyl (C=O) groups is 1. The predicted molar refractivity (Wildman–Crippen MR) is 132 cm³/mol. The minimum Gasteiger partial charge on any atom is -0.493 e. The number of carboxylic acid groups (broad SMARTS) is 1. The predicted octanol–water partition coefficient (Wildman–Crippen LogP) is 3.95. The van der Waals surface area contributed by atoms with E-state index in [-0.39, 0.29) is 29.4 Å². The molecule has 1 saturated heterocycles. The molecule has 2 aromatic carbocycles. The maximum atomic E-state index is 13.5. The normalized spacial score (nSPS) is 23.4. The Morgan fingerprint density at radius 1 is 1.11 bits per heavy atom. The molecule has 1 aliphatic carbocycles. The Morgan fingerprint density at radius 3 is 2.40 bits per heavy atom. The van der Waals surface area contributed by atoms with Crippen LogP contribution in [0.25, 0.3) is 0 Å². The summed E-state index contributed by atoms with van der Waals surface area (Å²) in [7, 11) is -3.84. The van der Waals surface area contributed by atoms with E-state index in [2.05, 4.69) is 16.7 Å². The molecule has 1 N–H and O–H groups in total. The lowest BCUT2D eigenvalue weighted by molar-refractivity contribution is -0.143. The molecule has 2 fully saturated rings. The fourth-order valence-electron chi connectivity index (χ4n) is 4.97. The molecule has 1 saturated carbocycles. The third kappa shape index (κ3) is 5.73. The van der Waals surface area contributed by atoms with Crippen LogP contribution < -0.4 is 9.64 Å². The third-order valence-corrected chi connectivity index (χ3v) is 9.75. The molecular weight excluding hydrogens is 495 g/mol. The Balaban J connectivity index is 1.47. The van der Waals surface area contributed by atoms with Gasteiger partial charge < -0.3 is 19.6 Å². The Bertz CT molecular complexity index is 1150. The van der Waals surface area contributed by atoms with Gasteiger partial charge in [0.25, 0.3) is 0 Å². The number of halogens is 2. The van der Waals surface area contributed by atoms with Crippen LogP contribution >= 0.6 is 11.6 Å². The number of hydrogen-bond donors (Lipinski definition) is 1. The van der Waals surface area contributed by atoms with E-state index in [1.54, 1.807) is 12.1 Å². The van der Waals surface area contributed by atoms with Crippen molar-refractivity contribution in [2.75, 3.05) is 44.2 Å². The molecule has 0 aromatic heterocycles. The van der Waals surface area contributed by atoms with Gasteiger partial charge in [-0.05, 0) is 61.9 Å². The van der Waals surface area contributed by atoms with Crippen molar-refractivity contribution in [2.24, 2.45) is 11.8 Å². The summed E-state index contributed by atoms with van der Waals surface area (Å²) in [6, 6.07) is 10.4. The number of likely N-dealkylation sites (N-methyl/N-ethyl adjacent to an activating group) is 1. The van der Waals surface area contributed by atoms with Crippen molar-refractivity contribution in [1.29, 1.82) is 0 Å². The second-order valence-electron chi connectivity index (χ2n) is 9.14. The Labute approximate surface area is 210 Å². The summed E-state index contributed by atoms with van der Waals surface area (Å²) in [5, 5.41) is 8.99. The molecule has 10 heteroatoms. The molecule has 4 rings (SSSR count). The molecule has 7 nitrogen and oxygen atoms in total. The van der Waals surface area contributed by atoms with E-state index in [1.165, 1.54) is 30.3 Å². The first-order chi connectivity index (χ1) is 16.7. The fraction of sp³-hybridized carbons (Fsp3) is 0.480. The van der Waals surface area contributed by atoms with Crippen molar-refractivity contribution in [3.63, 3.8) is 0 Å². The zero-order chi connectivity index (χ0) is 25.2. The molecule has 0 bridgehead atoms. The third-order valence-electron chi connectivity index (χ3n) is 7.09. The summed E-state index contributed by atoms with van der Waals surface area (Å²) in [4.78, 5) is 16.4. The van der Waals surface area contributed by atoms with Crippen LogP contribution in [0.1, 0.15) is 19.8 Å².